The molecule has 1 aliphatic rings. The van der Waals surface area contributed by atoms with E-state index in [1.165, 1.54) is 16.9 Å². The van der Waals surface area contributed by atoms with Gasteiger partial charge in [-0.05, 0) is 0 Å². The monoisotopic (exact) mass is 528 g/mol. The molecule has 2 heterocycles. The van der Waals surface area contributed by atoms with Crippen LogP contribution in [0.1, 0.15) is 41.4 Å². The molecule has 3 aromatic rings. The summed E-state index contributed by atoms with van der Waals surface area (Å²) in [4.78, 5) is 13.3. The van der Waals surface area contributed by atoms with E-state index in [1.54, 1.807) is 22.9 Å². The van der Waals surface area contributed by atoms with Crippen molar-refractivity contribution < 1.29 is 9.53 Å². The van der Waals surface area contributed by atoms with E-state index in [9.17, 15) is 4.79 Å². The van der Waals surface area contributed by atoms with Gasteiger partial charge in [0, 0.05) is 0 Å². The fourth-order valence-corrected chi connectivity index (χ4v) is 5.01. The van der Waals surface area contributed by atoms with Crippen molar-refractivity contribution in [1.29, 1.82) is 0 Å². The van der Waals surface area contributed by atoms with Crippen molar-refractivity contribution in [3.8, 4) is 0 Å². The predicted molar refractivity (Wildman–Crippen MR) is 114 cm³/mol. The number of ketones is 1. The molecule has 1 fully saturated rings. The Balaban J connectivity index is 1.82. The van der Waals surface area contributed by atoms with Crippen LogP contribution in [0, 0.1) is 0 Å². The Kier molecular flexibility index (Phi) is 5.69. The van der Waals surface area contributed by atoms with E-state index in [-0.39, 0.29) is 12.0 Å². The molecule has 1 saturated heterocycles. The van der Waals surface area contributed by atoms with Gasteiger partial charge < -0.3 is 0 Å². The number of hydrogen-bond acceptors (Lipinski definition) is 3. The summed E-state index contributed by atoms with van der Waals surface area (Å²) >= 11 is 17.3. The van der Waals surface area contributed by atoms with Crippen molar-refractivity contribution in [3.63, 3.8) is 0 Å². The average molecular weight is 530 g/mol. The van der Waals surface area contributed by atoms with Crippen LogP contribution in [0.15, 0.2) is 34.9 Å². The van der Waals surface area contributed by atoms with Gasteiger partial charge in [0.05, 0.1) is 0 Å². The third-order valence-electron chi connectivity index (χ3n) is 4.68. The topological polar surface area (TPSA) is 44.1 Å². The van der Waals surface area contributed by atoms with Crippen LogP contribution in [0.3, 0.4) is 0 Å². The molecule has 27 heavy (non-hydrogen) atoms. The van der Waals surface area contributed by atoms with Gasteiger partial charge in [-0.15, -0.1) is 0 Å². The Labute approximate surface area is 183 Å². The molecule has 8 heteroatoms. The molecule has 1 aliphatic heterocycles. The minimum atomic E-state index is -0.111. The molecule has 140 valence electrons. The van der Waals surface area contributed by atoms with Gasteiger partial charge in [0.15, 0.2) is 0 Å². The number of rotatable bonds is 3. The SMILES string of the molecule is O=C(c1cc(Br)c(Cl)cc1[AsH2])c1ccc(Cl)c2nn(C3CCCCO3)cc12. The molecular formula is C19H16AsBrCl2N2O2. The molecule has 0 spiro atoms. The van der Waals surface area contributed by atoms with Crippen molar-refractivity contribution >= 4 is 77.0 Å². The van der Waals surface area contributed by atoms with Gasteiger partial charge in [0.25, 0.3) is 0 Å². The molecule has 4 nitrogen and oxygen atoms in total. The van der Waals surface area contributed by atoms with Crippen LogP contribution in [-0.2, 0) is 4.74 Å². The van der Waals surface area contributed by atoms with E-state index in [0.717, 1.165) is 35.6 Å². The zero-order valence-corrected chi connectivity index (χ0v) is 19.7. The number of fused-ring (bicyclic) bond motifs is 1. The molecule has 4 rings (SSSR count). The normalized spacial score (nSPS) is 17.4. The number of ether oxygens (including phenoxy) is 1. The average Bonchev–Trinajstić information content (AvgIpc) is 3.11. The van der Waals surface area contributed by atoms with Gasteiger partial charge in [-0.3, -0.25) is 0 Å². The van der Waals surface area contributed by atoms with Crippen molar-refractivity contribution in [2.45, 2.75) is 25.5 Å². The molecule has 1 aromatic heterocycles. The van der Waals surface area contributed by atoms with Gasteiger partial charge in [0.1, 0.15) is 0 Å². The Morgan fingerprint density at radius 1 is 1.22 bits per heavy atom. The third kappa shape index (κ3) is 3.73. The van der Waals surface area contributed by atoms with Gasteiger partial charge in [-0.2, -0.15) is 0 Å². The fourth-order valence-electron chi connectivity index (χ4n) is 3.27. The number of hydrogen-bond donors (Lipinski definition) is 0. The van der Waals surface area contributed by atoms with Gasteiger partial charge in [-0.1, -0.05) is 0 Å². The van der Waals surface area contributed by atoms with E-state index in [2.05, 4.69) is 21.0 Å². The van der Waals surface area contributed by atoms with Gasteiger partial charge >= 0.3 is 185 Å². The summed E-state index contributed by atoms with van der Waals surface area (Å²) in [6, 6.07) is 7.07. The van der Waals surface area contributed by atoms with Crippen LogP contribution in [0.25, 0.3) is 10.9 Å². The van der Waals surface area contributed by atoms with Crippen molar-refractivity contribution in [3.05, 3.63) is 56.1 Å². The van der Waals surface area contributed by atoms with Crippen LogP contribution in [-0.4, -0.2) is 39.0 Å². The molecule has 0 radical (unpaired) electrons. The summed E-state index contributed by atoms with van der Waals surface area (Å²) in [5, 5.41) is 6.46. The quantitative estimate of drug-likeness (QED) is 0.375. The summed E-state index contributed by atoms with van der Waals surface area (Å²) in [5.41, 5.74) is 1.81. The van der Waals surface area contributed by atoms with Crippen molar-refractivity contribution in [1.82, 2.24) is 9.78 Å². The van der Waals surface area contributed by atoms with E-state index >= 15 is 0 Å². The Bertz CT molecular complexity index is 1050. The molecule has 0 aliphatic carbocycles. The molecule has 2 unspecified atom stereocenters. The van der Waals surface area contributed by atoms with Crippen LogP contribution in [0.4, 0.5) is 0 Å². The standard InChI is InChI=1S/C19H16AsBrCl2N2O2/c20-13-8-16(23)14(21)7-11(13)19(26)10-4-5-15(22)18-12(10)9-25(24-18)17-3-1-2-6-27-17/h4-5,7-9,17H,1-3,6,20H2. The Hall–Kier alpha value is -0.842. The molecule has 2 aromatic carbocycles. The second kappa shape index (κ2) is 7.88. The third-order valence-corrected chi connectivity index (χ3v) is 7.18. The van der Waals surface area contributed by atoms with Gasteiger partial charge in [-0.25, -0.2) is 0 Å². The summed E-state index contributed by atoms with van der Waals surface area (Å²) < 4.78 is 9.19. The molecule has 2 atom stereocenters. The zero-order valence-electron chi connectivity index (χ0n) is 14.2. The van der Waals surface area contributed by atoms with Crippen molar-refractivity contribution in [2.24, 2.45) is 0 Å². The second-order valence-electron chi connectivity index (χ2n) is 6.47. The second-order valence-corrected chi connectivity index (χ2v) is 9.44. The number of benzene rings is 2. The Morgan fingerprint density at radius 3 is 2.78 bits per heavy atom. The molecule has 0 bridgehead atoms. The number of carbonyl (C=O) groups is 1. The maximum atomic E-state index is 13.3. The number of halogens is 3. The first kappa shape index (κ1) is 19.5. The van der Waals surface area contributed by atoms with E-state index < -0.39 is 0 Å². The molecule has 0 amide bonds. The van der Waals surface area contributed by atoms with E-state index in [1.807, 2.05) is 12.3 Å². The molecular weight excluding hydrogens is 514 g/mol. The van der Waals surface area contributed by atoms with E-state index in [4.69, 9.17) is 27.9 Å². The number of aromatic nitrogens is 2. The predicted octanol–water partition coefficient (Wildman–Crippen LogP) is 4.29. The maximum absolute atomic E-state index is 13.3. The first-order valence-corrected chi connectivity index (χ1v) is 11.3. The summed E-state index contributed by atoms with van der Waals surface area (Å²) in [7, 11) is 0. The van der Waals surface area contributed by atoms with Crippen LogP contribution < -0.4 is 4.35 Å². The number of carbonyl (C=O) groups excluding carboxylic acids is 1. The first-order chi connectivity index (χ1) is 13.0. The minimum absolute atomic E-state index is 0.0717. The van der Waals surface area contributed by atoms with Crippen LogP contribution in [0.5, 0.6) is 0 Å². The molecule has 0 N–H and O–H groups in total. The fraction of sp³-hybridized carbons (Fsp3) is 0.263. The summed E-state index contributed by atoms with van der Waals surface area (Å²) in [6.07, 6.45) is 4.82. The van der Waals surface area contributed by atoms with Crippen LogP contribution in [0.2, 0.25) is 10.0 Å². The van der Waals surface area contributed by atoms with Gasteiger partial charge in [0.2, 0.25) is 0 Å². The molecule has 0 saturated carbocycles. The Morgan fingerprint density at radius 2 is 2.04 bits per heavy atom. The zero-order chi connectivity index (χ0) is 19.1. The van der Waals surface area contributed by atoms with Crippen molar-refractivity contribution in [2.75, 3.05) is 6.61 Å². The summed E-state index contributed by atoms with van der Waals surface area (Å²) in [6.45, 7) is 0.723. The van der Waals surface area contributed by atoms with Crippen LogP contribution >= 0.6 is 39.1 Å². The summed E-state index contributed by atoms with van der Waals surface area (Å²) in [5.74, 6) is -0.0717. The first-order valence-electron chi connectivity index (χ1n) is 8.54. The van der Waals surface area contributed by atoms with E-state index in [0.29, 0.717) is 31.2 Å². The number of nitrogens with zero attached hydrogens (tertiary/aromatic N) is 2.